The summed E-state index contributed by atoms with van der Waals surface area (Å²) in [6.45, 7) is 7.04. The molecule has 4 nitrogen and oxygen atoms in total. The van der Waals surface area contributed by atoms with E-state index in [0.717, 1.165) is 11.3 Å². The molecule has 20 heavy (non-hydrogen) atoms. The Morgan fingerprint density at radius 1 is 1.35 bits per heavy atom. The Hall–Kier alpha value is -1.55. The van der Waals surface area contributed by atoms with Gasteiger partial charge in [-0.25, -0.2) is 0 Å². The standard InChI is InChI=1S/C16H25NO3/c1-13(2)17(10-6-11-18)16(19)9-12-20-15-8-5-4-7-14(15)3/h4-5,7-8,13,18H,6,9-12H2,1-3H3. The molecule has 0 saturated carbocycles. The molecule has 0 aliphatic heterocycles. The monoisotopic (exact) mass is 279 g/mol. The number of hydrogen-bond acceptors (Lipinski definition) is 3. The molecule has 0 fully saturated rings. The first-order valence-corrected chi connectivity index (χ1v) is 7.15. The number of carbonyl (C=O) groups is 1. The van der Waals surface area contributed by atoms with Gasteiger partial charge < -0.3 is 14.7 Å². The SMILES string of the molecule is Cc1ccccc1OCCC(=O)N(CCCO)C(C)C. The van der Waals surface area contributed by atoms with Crippen LogP contribution in [0.5, 0.6) is 5.75 Å². The summed E-state index contributed by atoms with van der Waals surface area (Å²) in [5, 5.41) is 8.87. The van der Waals surface area contributed by atoms with Gasteiger partial charge in [-0.15, -0.1) is 0 Å². The van der Waals surface area contributed by atoms with Gasteiger partial charge >= 0.3 is 0 Å². The van der Waals surface area contributed by atoms with Crippen molar-refractivity contribution in [2.45, 2.75) is 39.7 Å². The van der Waals surface area contributed by atoms with Crippen molar-refractivity contribution in [2.75, 3.05) is 19.8 Å². The van der Waals surface area contributed by atoms with Crippen molar-refractivity contribution in [3.63, 3.8) is 0 Å². The molecule has 1 amide bonds. The van der Waals surface area contributed by atoms with Crippen LogP contribution in [0, 0.1) is 6.92 Å². The van der Waals surface area contributed by atoms with Gasteiger partial charge in [-0.05, 0) is 38.8 Å². The maximum Gasteiger partial charge on any atom is 0.226 e. The number of aliphatic hydroxyl groups excluding tert-OH is 1. The summed E-state index contributed by atoms with van der Waals surface area (Å²) in [7, 11) is 0. The number of benzene rings is 1. The number of amides is 1. The first kappa shape index (κ1) is 16.5. The van der Waals surface area contributed by atoms with E-state index in [1.165, 1.54) is 0 Å². The highest BCUT2D eigenvalue weighted by Gasteiger charge is 2.16. The molecular formula is C16H25NO3. The highest BCUT2D eigenvalue weighted by Crippen LogP contribution is 2.16. The topological polar surface area (TPSA) is 49.8 Å². The summed E-state index contributed by atoms with van der Waals surface area (Å²) in [4.78, 5) is 13.9. The summed E-state index contributed by atoms with van der Waals surface area (Å²) in [5.74, 6) is 0.897. The van der Waals surface area contributed by atoms with Crippen molar-refractivity contribution >= 4 is 5.91 Å². The minimum absolute atomic E-state index is 0.0713. The van der Waals surface area contributed by atoms with E-state index in [9.17, 15) is 4.79 Å². The molecule has 0 radical (unpaired) electrons. The second kappa shape index (κ2) is 8.59. The summed E-state index contributed by atoms with van der Waals surface area (Å²) < 4.78 is 5.64. The van der Waals surface area contributed by atoms with Crippen molar-refractivity contribution in [3.05, 3.63) is 29.8 Å². The van der Waals surface area contributed by atoms with Gasteiger partial charge in [0.1, 0.15) is 5.75 Å². The average Bonchev–Trinajstić information content (AvgIpc) is 2.41. The van der Waals surface area contributed by atoms with E-state index in [1.54, 1.807) is 4.90 Å². The first-order valence-electron chi connectivity index (χ1n) is 7.15. The maximum atomic E-state index is 12.1. The van der Waals surface area contributed by atoms with Gasteiger partial charge in [0, 0.05) is 19.2 Å². The number of para-hydroxylation sites is 1. The number of nitrogens with zero attached hydrogens (tertiary/aromatic N) is 1. The predicted octanol–water partition coefficient (Wildman–Crippen LogP) is 2.38. The van der Waals surface area contributed by atoms with Crippen molar-refractivity contribution in [1.29, 1.82) is 0 Å². The second-order valence-electron chi connectivity index (χ2n) is 5.12. The third-order valence-electron chi connectivity index (χ3n) is 3.17. The van der Waals surface area contributed by atoms with Crippen molar-refractivity contribution in [3.8, 4) is 5.75 Å². The van der Waals surface area contributed by atoms with Crippen LogP contribution >= 0.6 is 0 Å². The molecule has 0 aromatic heterocycles. The zero-order valence-corrected chi connectivity index (χ0v) is 12.6. The summed E-state index contributed by atoms with van der Waals surface area (Å²) >= 11 is 0. The summed E-state index contributed by atoms with van der Waals surface area (Å²) in [6, 6.07) is 7.92. The Morgan fingerprint density at radius 2 is 2.05 bits per heavy atom. The van der Waals surface area contributed by atoms with Gasteiger partial charge in [-0.2, -0.15) is 0 Å². The van der Waals surface area contributed by atoms with Gasteiger partial charge in [-0.3, -0.25) is 4.79 Å². The molecule has 0 aliphatic rings. The van der Waals surface area contributed by atoms with E-state index >= 15 is 0 Å². The number of ether oxygens (including phenoxy) is 1. The first-order chi connectivity index (χ1) is 9.56. The van der Waals surface area contributed by atoms with Gasteiger partial charge in [0.15, 0.2) is 0 Å². The lowest BCUT2D eigenvalue weighted by atomic mass is 10.2. The van der Waals surface area contributed by atoms with E-state index in [4.69, 9.17) is 9.84 Å². The molecule has 0 spiro atoms. The van der Waals surface area contributed by atoms with Gasteiger partial charge in [0.25, 0.3) is 0 Å². The normalized spacial score (nSPS) is 10.7. The highest BCUT2D eigenvalue weighted by molar-refractivity contribution is 5.76. The zero-order valence-electron chi connectivity index (χ0n) is 12.6. The second-order valence-corrected chi connectivity index (χ2v) is 5.12. The van der Waals surface area contributed by atoms with Crippen molar-refractivity contribution in [2.24, 2.45) is 0 Å². The molecule has 4 heteroatoms. The van der Waals surface area contributed by atoms with Crippen LogP contribution < -0.4 is 4.74 Å². The lowest BCUT2D eigenvalue weighted by molar-refractivity contribution is -0.133. The Bertz CT molecular complexity index is 418. The van der Waals surface area contributed by atoms with E-state index in [0.29, 0.717) is 26.0 Å². The maximum absolute atomic E-state index is 12.1. The van der Waals surface area contributed by atoms with Crippen LogP contribution in [-0.2, 0) is 4.79 Å². The van der Waals surface area contributed by atoms with Crippen LogP contribution in [0.3, 0.4) is 0 Å². The number of hydrogen-bond donors (Lipinski definition) is 1. The molecule has 0 heterocycles. The largest absolute Gasteiger partial charge is 0.493 e. The summed E-state index contributed by atoms with van der Waals surface area (Å²) in [5.41, 5.74) is 1.07. The molecule has 0 atom stereocenters. The third-order valence-corrected chi connectivity index (χ3v) is 3.17. The molecule has 0 bridgehead atoms. The van der Waals surface area contributed by atoms with E-state index in [-0.39, 0.29) is 18.6 Å². The van der Waals surface area contributed by atoms with Crippen LogP contribution in [-0.4, -0.2) is 41.7 Å². The van der Waals surface area contributed by atoms with Crippen molar-refractivity contribution in [1.82, 2.24) is 4.90 Å². The van der Waals surface area contributed by atoms with E-state index in [1.807, 2.05) is 45.0 Å². The molecule has 0 aliphatic carbocycles. The number of carbonyl (C=O) groups excluding carboxylic acids is 1. The average molecular weight is 279 g/mol. The number of rotatable bonds is 8. The van der Waals surface area contributed by atoms with E-state index in [2.05, 4.69) is 0 Å². The lowest BCUT2D eigenvalue weighted by Crippen LogP contribution is -2.38. The Balaban J connectivity index is 2.43. The lowest BCUT2D eigenvalue weighted by Gasteiger charge is -2.26. The van der Waals surface area contributed by atoms with Crippen LogP contribution in [0.25, 0.3) is 0 Å². The Morgan fingerprint density at radius 3 is 2.65 bits per heavy atom. The highest BCUT2D eigenvalue weighted by atomic mass is 16.5. The summed E-state index contributed by atoms with van der Waals surface area (Å²) in [6.07, 6.45) is 0.973. The Labute approximate surface area is 121 Å². The fourth-order valence-corrected chi connectivity index (χ4v) is 2.02. The molecule has 1 rings (SSSR count). The van der Waals surface area contributed by atoms with Crippen molar-refractivity contribution < 1.29 is 14.6 Å². The van der Waals surface area contributed by atoms with Crippen LogP contribution in [0.4, 0.5) is 0 Å². The van der Waals surface area contributed by atoms with E-state index < -0.39 is 0 Å². The number of aliphatic hydroxyl groups is 1. The minimum atomic E-state index is 0.0713. The van der Waals surface area contributed by atoms with Gasteiger partial charge in [0.2, 0.25) is 5.91 Å². The fourth-order valence-electron chi connectivity index (χ4n) is 2.02. The fraction of sp³-hybridized carbons (Fsp3) is 0.562. The molecule has 1 aromatic carbocycles. The quantitative estimate of drug-likeness (QED) is 0.795. The molecule has 0 unspecified atom stereocenters. The molecule has 1 aromatic rings. The number of aryl methyl sites for hydroxylation is 1. The molecular weight excluding hydrogens is 254 g/mol. The van der Waals surface area contributed by atoms with Crippen LogP contribution in [0.1, 0.15) is 32.3 Å². The molecule has 112 valence electrons. The predicted molar refractivity (Wildman–Crippen MR) is 79.8 cm³/mol. The molecule has 1 N–H and O–H groups in total. The van der Waals surface area contributed by atoms with Gasteiger partial charge in [0.05, 0.1) is 13.0 Å². The van der Waals surface area contributed by atoms with Gasteiger partial charge in [-0.1, -0.05) is 18.2 Å². The minimum Gasteiger partial charge on any atom is -0.493 e. The zero-order chi connectivity index (χ0) is 15.0. The van der Waals surface area contributed by atoms with Crippen LogP contribution in [0.2, 0.25) is 0 Å². The third kappa shape index (κ3) is 5.21. The molecule has 0 saturated heterocycles. The smallest absolute Gasteiger partial charge is 0.226 e. The van der Waals surface area contributed by atoms with Crippen LogP contribution in [0.15, 0.2) is 24.3 Å². The Kier molecular flexibility index (Phi) is 7.09.